The van der Waals surface area contributed by atoms with Crippen molar-refractivity contribution in [2.45, 2.75) is 32.4 Å². The molecule has 0 bridgehead atoms. The first-order chi connectivity index (χ1) is 9.35. The van der Waals surface area contributed by atoms with Gasteiger partial charge in [-0.15, -0.1) is 0 Å². The topological polar surface area (TPSA) is 39.7 Å². The van der Waals surface area contributed by atoms with Crippen LogP contribution in [0.5, 0.6) is 11.5 Å². The maximum absolute atomic E-state index is 5.99. The van der Waals surface area contributed by atoms with E-state index in [0.717, 1.165) is 22.5 Å². The van der Waals surface area contributed by atoms with E-state index in [4.69, 9.17) is 14.2 Å². The number of nitrogens with one attached hydrogen (secondary N) is 1. The molecule has 0 aliphatic carbocycles. The second kappa shape index (κ2) is 7.86. The van der Waals surface area contributed by atoms with Crippen molar-refractivity contribution in [1.29, 1.82) is 0 Å². The van der Waals surface area contributed by atoms with Crippen LogP contribution in [0.1, 0.15) is 20.8 Å². The Bertz CT molecular complexity index is 418. The Balaban J connectivity index is 2.69. The molecular formula is C15H24BrNO3. The Kier molecular flexibility index (Phi) is 6.79. The van der Waals surface area contributed by atoms with Crippen LogP contribution in [0.3, 0.4) is 0 Å². The van der Waals surface area contributed by atoms with Crippen LogP contribution in [-0.4, -0.2) is 39.0 Å². The molecule has 5 heteroatoms. The summed E-state index contributed by atoms with van der Waals surface area (Å²) in [5.74, 6) is 1.57. The Morgan fingerprint density at radius 3 is 2.45 bits per heavy atom. The smallest absolute Gasteiger partial charge is 0.134 e. The SMILES string of the molecule is COCC(CNC(C)(C)C)Oc1ccc(OC)cc1Br. The summed E-state index contributed by atoms with van der Waals surface area (Å²) in [4.78, 5) is 0. The van der Waals surface area contributed by atoms with Crippen LogP contribution < -0.4 is 14.8 Å². The van der Waals surface area contributed by atoms with E-state index in [1.807, 2.05) is 18.2 Å². The summed E-state index contributed by atoms with van der Waals surface area (Å²) in [7, 11) is 3.32. The third-order valence-electron chi connectivity index (χ3n) is 2.65. The van der Waals surface area contributed by atoms with E-state index in [1.54, 1.807) is 14.2 Å². The van der Waals surface area contributed by atoms with Gasteiger partial charge in [0.25, 0.3) is 0 Å². The van der Waals surface area contributed by atoms with Gasteiger partial charge in [0.05, 0.1) is 18.2 Å². The van der Waals surface area contributed by atoms with Crippen molar-refractivity contribution in [3.63, 3.8) is 0 Å². The molecule has 0 aliphatic rings. The van der Waals surface area contributed by atoms with Crippen LogP contribution in [0.25, 0.3) is 0 Å². The standard InChI is InChI=1S/C15H24BrNO3/c1-15(2,3)17-9-12(10-18-4)20-14-7-6-11(19-5)8-13(14)16/h6-8,12,17H,9-10H2,1-5H3. The predicted octanol–water partition coefficient (Wildman–Crippen LogP) is 3.24. The van der Waals surface area contributed by atoms with E-state index in [1.165, 1.54) is 0 Å². The Morgan fingerprint density at radius 1 is 1.25 bits per heavy atom. The summed E-state index contributed by atoms with van der Waals surface area (Å²) >= 11 is 3.49. The lowest BCUT2D eigenvalue weighted by atomic mass is 10.1. The molecule has 0 aromatic heterocycles. The predicted molar refractivity (Wildman–Crippen MR) is 84.7 cm³/mol. The van der Waals surface area contributed by atoms with Gasteiger partial charge in [-0.25, -0.2) is 0 Å². The monoisotopic (exact) mass is 345 g/mol. The van der Waals surface area contributed by atoms with Crippen molar-refractivity contribution in [3.05, 3.63) is 22.7 Å². The third-order valence-corrected chi connectivity index (χ3v) is 3.27. The fourth-order valence-electron chi connectivity index (χ4n) is 1.62. The van der Waals surface area contributed by atoms with E-state index in [-0.39, 0.29) is 11.6 Å². The zero-order valence-electron chi connectivity index (χ0n) is 12.8. The summed E-state index contributed by atoms with van der Waals surface area (Å²) < 4.78 is 17.3. The number of hydrogen-bond acceptors (Lipinski definition) is 4. The fourth-order valence-corrected chi connectivity index (χ4v) is 2.08. The van der Waals surface area contributed by atoms with E-state index in [9.17, 15) is 0 Å². The minimum atomic E-state index is -0.0519. The van der Waals surface area contributed by atoms with Crippen LogP contribution in [0.15, 0.2) is 22.7 Å². The van der Waals surface area contributed by atoms with Crippen molar-refractivity contribution in [1.82, 2.24) is 5.32 Å². The average Bonchev–Trinajstić information content (AvgIpc) is 2.37. The Hall–Kier alpha value is -0.780. The normalized spacial score (nSPS) is 13.1. The molecule has 1 aromatic rings. The molecular weight excluding hydrogens is 322 g/mol. The molecule has 0 heterocycles. The van der Waals surface area contributed by atoms with Crippen molar-refractivity contribution in [2.75, 3.05) is 27.4 Å². The highest BCUT2D eigenvalue weighted by Crippen LogP contribution is 2.29. The van der Waals surface area contributed by atoms with Crippen molar-refractivity contribution in [2.24, 2.45) is 0 Å². The first kappa shape index (κ1) is 17.3. The number of methoxy groups -OCH3 is 2. The number of ether oxygens (including phenoxy) is 3. The molecule has 1 rings (SSSR count). The van der Waals surface area contributed by atoms with E-state index in [0.29, 0.717) is 6.61 Å². The molecule has 0 saturated carbocycles. The quantitative estimate of drug-likeness (QED) is 0.823. The van der Waals surface area contributed by atoms with Crippen LogP contribution in [-0.2, 0) is 4.74 Å². The minimum absolute atomic E-state index is 0.0481. The maximum atomic E-state index is 5.99. The van der Waals surface area contributed by atoms with Gasteiger partial charge in [-0.1, -0.05) is 0 Å². The van der Waals surface area contributed by atoms with Gasteiger partial charge in [-0.3, -0.25) is 0 Å². The van der Waals surface area contributed by atoms with Crippen molar-refractivity contribution in [3.8, 4) is 11.5 Å². The van der Waals surface area contributed by atoms with Crippen LogP contribution in [0, 0.1) is 0 Å². The number of benzene rings is 1. The van der Waals surface area contributed by atoms with Gasteiger partial charge in [0, 0.05) is 19.2 Å². The average molecular weight is 346 g/mol. The van der Waals surface area contributed by atoms with Crippen LogP contribution >= 0.6 is 15.9 Å². The van der Waals surface area contributed by atoms with Crippen molar-refractivity contribution < 1.29 is 14.2 Å². The molecule has 0 radical (unpaired) electrons. The molecule has 0 saturated heterocycles. The van der Waals surface area contributed by atoms with Gasteiger partial charge in [0.2, 0.25) is 0 Å². The van der Waals surface area contributed by atoms with E-state index >= 15 is 0 Å². The zero-order chi connectivity index (χ0) is 15.2. The second-order valence-corrected chi connectivity index (χ2v) is 6.48. The lowest BCUT2D eigenvalue weighted by Crippen LogP contribution is -2.44. The fraction of sp³-hybridized carbons (Fsp3) is 0.600. The highest BCUT2D eigenvalue weighted by Gasteiger charge is 2.16. The first-order valence-corrected chi connectivity index (χ1v) is 7.39. The van der Waals surface area contributed by atoms with E-state index in [2.05, 4.69) is 42.0 Å². The van der Waals surface area contributed by atoms with Gasteiger partial charge in [-0.05, 0) is 54.9 Å². The first-order valence-electron chi connectivity index (χ1n) is 6.60. The van der Waals surface area contributed by atoms with Crippen LogP contribution in [0.2, 0.25) is 0 Å². The minimum Gasteiger partial charge on any atom is -0.497 e. The molecule has 1 aromatic carbocycles. The highest BCUT2D eigenvalue weighted by molar-refractivity contribution is 9.10. The van der Waals surface area contributed by atoms with Gasteiger partial charge >= 0.3 is 0 Å². The lowest BCUT2D eigenvalue weighted by molar-refractivity contribution is 0.0759. The molecule has 20 heavy (non-hydrogen) atoms. The summed E-state index contributed by atoms with van der Waals surface area (Å²) in [5, 5.41) is 3.42. The molecule has 1 atom stereocenters. The molecule has 0 fully saturated rings. The number of halogens is 1. The Labute approximate surface area is 129 Å². The van der Waals surface area contributed by atoms with Gasteiger partial charge in [0.1, 0.15) is 17.6 Å². The lowest BCUT2D eigenvalue weighted by Gasteiger charge is -2.26. The highest BCUT2D eigenvalue weighted by atomic mass is 79.9. The third kappa shape index (κ3) is 6.11. The Morgan fingerprint density at radius 2 is 1.95 bits per heavy atom. The van der Waals surface area contributed by atoms with Crippen molar-refractivity contribution >= 4 is 15.9 Å². The number of hydrogen-bond donors (Lipinski definition) is 1. The molecule has 114 valence electrons. The summed E-state index contributed by atoms with van der Waals surface area (Å²) in [6.45, 7) is 7.62. The maximum Gasteiger partial charge on any atom is 0.134 e. The molecule has 0 aliphatic heterocycles. The van der Waals surface area contributed by atoms with Gasteiger partial charge in [-0.2, -0.15) is 0 Å². The molecule has 1 unspecified atom stereocenters. The van der Waals surface area contributed by atoms with E-state index < -0.39 is 0 Å². The van der Waals surface area contributed by atoms with Gasteiger partial charge < -0.3 is 19.5 Å². The second-order valence-electron chi connectivity index (χ2n) is 5.62. The number of rotatable bonds is 7. The van der Waals surface area contributed by atoms with Crippen LogP contribution in [0.4, 0.5) is 0 Å². The molecule has 4 nitrogen and oxygen atoms in total. The largest absolute Gasteiger partial charge is 0.497 e. The summed E-state index contributed by atoms with van der Waals surface area (Å²) in [5.41, 5.74) is 0.0481. The molecule has 0 amide bonds. The van der Waals surface area contributed by atoms with Gasteiger partial charge in [0.15, 0.2) is 0 Å². The molecule has 1 N–H and O–H groups in total. The zero-order valence-corrected chi connectivity index (χ0v) is 14.4. The molecule has 0 spiro atoms. The summed E-state index contributed by atoms with van der Waals surface area (Å²) in [6, 6.07) is 5.65. The summed E-state index contributed by atoms with van der Waals surface area (Å²) in [6.07, 6.45) is -0.0519.